The first-order valence-corrected chi connectivity index (χ1v) is 5.69. The van der Waals surface area contributed by atoms with Crippen LogP contribution < -0.4 is 15.2 Å². The Morgan fingerprint density at radius 3 is 2.63 bits per heavy atom. The quantitative estimate of drug-likeness (QED) is 0.720. The second-order valence-corrected chi connectivity index (χ2v) is 3.89. The Morgan fingerprint density at radius 1 is 1.32 bits per heavy atom. The van der Waals surface area contributed by atoms with Crippen LogP contribution in [0.15, 0.2) is 18.2 Å². The number of nitrogens with zero attached hydrogens (tertiary/aromatic N) is 2. The largest absolute Gasteiger partial charge is 0.493 e. The van der Waals surface area contributed by atoms with Crippen molar-refractivity contribution in [2.45, 2.75) is 12.6 Å². The minimum absolute atomic E-state index is 0.203. The maximum Gasteiger partial charge on any atom is 0.171 e. The maximum atomic E-state index is 8.94. The van der Waals surface area contributed by atoms with Crippen LogP contribution in [-0.2, 0) is 6.61 Å². The molecule has 19 heavy (non-hydrogen) atoms. The molecule has 1 atom stereocenters. The molecule has 0 saturated heterocycles. The minimum atomic E-state index is -0.503. The lowest BCUT2D eigenvalue weighted by atomic mass is 10.1. The molecule has 0 fully saturated rings. The highest BCUT2D eigenvalue weighted by Crippen LogP contribution is 2.30. The molecular weight excluding hydrogens is 248 g/mol. The van der Waals surface area contributed by atoms with Crippen molar-refractivity contribution in [3.8, 4) is 11.5 Å². The van der Waals surface area contributed by atoms with Gasteiger partial charge in [-0.2, -0.15) is 5.10 Å². The molecule has 4 N–H and O–H groups in total. The fourth-order valence-corrected chi connectivity index (χ4v) is 1.72. The van der Waals surface area contributed by atoms with Gasteiger partial charge in [0.15, 0.2) is 17.3 Å². The van der Waals surface area contributed by atoms with Crippen molar-refractivity contribution in [3.05, 3.63) is 35.4 Å². The lowest BCUT2D eigenvalue weighted by Crippen LogP contribution is -2.14. The number of ether oxygens (including phenoxy) is 2. The Kier molecular flexibility index (Phi) is 3.98. The van der Waals surface area contributed by atoms with Crippen LogP contribution in [0.5, 0.6) is 11.5 Å². The topological polar surface area (TPSA) is 106 Å². The summed E-state index contributed by atoms with van der Waals surface area (Å²) in [5, 5.41) is 15.5. The third-order valence-corrected chi connectivity index (χ3v) is 2.74. The fraction of sp³-hybridized carbons (Fsp3) is 0.333. The summed E-state index contributed by atoms with van der Waals surface area (Å²) in [7, 11) is 3.13. The van der Waals surface area contributed by atoms with Gasteiger partial charge in [0, 0.05) is 0 Å². The highest BCUT2D eigenvalue weighted by Gasteiger charge is 2.16. The van der Waals surface area contributed by atoms with Crippen molar-refractivity contribution in [2.24, 2.45) is 5.73 Å². The second kappa shape index (κ2) is 5.68. The Labute approximate surface area is 110 Å². The van der Waals surface area contributed by atoms with E-state index in [9.17, 15) is 0 Å². The average Bonchev–Trinajstić information content (AvgIpc) is 2.94. The summed E-state index contributed by atoms with van der Waals surface area (Å²) in [5.41, 5.74) is 6.87. The number of aromatic nitrogens is 3. The van der Waals surface area contributed by atoms with E-state index in [4.69, 9.17) is 20.3 Å². The van der Waals surface area contributed by atoms with Gasteiger partial charge in [-0.15, -0.1) is 0 Å². The van der Waals surface area contributed by atoms with Crippen LogP contribution in [0, 0.1) is 0 Å². The molecule has 2 rings (SSSR count). The summed E-state index contributed by atoms with van der Waals surface area (Å²) in [6, 6.07) is 4.86. The van der Waals surface area contributed by atoms with Crippen molar-refractivity contribution in [3.63, 3.8) is 0 Å². The van der Waals surface area contributed by atoms with E-state index in [1.54, 1.807) is 26.4 Å². The third-order valence-electron chi connectivity index (χ3n) is 2.74. The molecule has 0 aliphatic rings. The molecule has 0 saturated carbocycles. The molecule has 0 bridgehead atoms. The normalized spacial score (nSPS) is 12.2. The van der Waals surface area contributed by atoms with Gasteiger partial charge in [-0.05, 0) is 17.7 Å². The number of hydrogen-bond acceptors (Lipinski definition) is 6. The SMILES string of the molecule is COc1ccc([C@@H](N)c2n[nH]c(CO)n2)cc1OC. The smallest absolute Gasteiger partial charge is 0.171 e. The van der Waals surface area contributed by atoms with Crippen LogP contribution in [0.2, 0.25) is 0 Å². The lowest BCUT2D eigenvalue weighted by molar-refractivity contribution is 0.271. The van der Waals surface area contributed by atoms with Crippen LogP contribution in [0.25, 0.3) is 0 Å². The minimum Gasteiger partial charge on any atom is -0.493 e. The van der Waals surface area contributed by atoms with Gasteiger partial charge in [-0.25, -0.2) is 4.98 Å². The zero-order valence-electron chi connectivity index (χ0n) is 10.8. The maximum absolute atomic E-state index is 8.94. The van der Waals surface area contributed by atoms with E-state index in [1.165, 1.54) is 0 Å². The third kappa shape index (κ3) is 2.67. The first-order valence-electron chi connectivity index (χ1n) is 5.69. The van der Waals surface area contributed by atoms with E-state index >= 15 is 0 Å². The summed E-state index contributed by atoms with van der Waals surface area (Å²) in [5.74, 6) is 2.01. The number of nitrogens with two attached hydrogens (primary N) is 1. The number of methoxy groups -OCH3 is 2. The summed E-state index contributed by atoms with van der Waals surface area (Å²) in [6.45, 7) is -0.203. The van der Waals surface area contributed by atoms with Crippen LogP contribution in [0.1, 0.15) is 23.3 Å². The lowest BCUT2D eigenvalue weighted by Gasteiger charge is -2.12. The Hall–Kier alpha value is -2.12. The van der Waals surface area contributed by atoms with Crippen LogP contribution in [0.3, 0.4) is 0 Å². The highest BCUT2D eigenvalue weighted by atomic mass is 16.5. The average molecular weight is 264 g/mol. The molecule has 0 unspecified atom stereocenters. The number of aliphatic hydroxyl groups excluding tert-OH is 1. The van der Waals surface area contributed by atoms with Gasteiger partial charge in [0.2, 0.25) is 0 Å². The molecule has 1 heterocycles. The zero-order valence-corrected chi connectivity index (χ0v) is 10.8. The predicted octanol–water partition coefficient (Wildman–Crippen LogP) is 0.362. The number of benzene rings is 1. The molecule has 1 aromatic carbocycles. The molecule has 0 aliphatic carbocycles. The van der Waals surface area contributed by atoms with Gasteiger partial charge >= 0.3 is 0 Å². The van der Waals surface area contributed by atoms with Crippen LogP contribution in [-0.4, -0.2) is 34.5 Å². The van der Waals surface area contributed by atoms with E-state index in [-0.39, 0.29) is 6.61 Å². The molecule has 0 aliphatic heterocycles. The van der Waals surface area contributed by atoms with Crippen LogP contribution in [0.4, 0.5) is 0 Å². The molecule has 102 valence electrons. The fourth-order valence-electron chi connectivity index (χ4n) is 1.72. The molecule has 7 nitrogen and oxygen atoms in total. The van der Waals surface area contributed by atoms with Gasteiger partial charge < -0.3 is 20.3 Å². The van der Waals surface area contributed by atoms with Gasteiger partial charge in [0.1, 0.15) is 12.4 Å². The zero-order chi connectivity index (χ0) is 13.8. The first-order chi connectivity index (χ1) is 9.19. The van der Waals surface area contributed by atoms with Gasteiger partial charge in [0.25, 0.3) is 0 Å². The summed E-state index contributed by atoms with van der Waals surface area (Å²) in [6.07, 6.45) is 0. The number of aromatic amines is 1. The number of nitrogens with one attached hydrogen (secondary N) is 1. The Balaban J connectivity index is 2.30. The summed E-state index contributed by atoms with van der Waals surface area (Å²) in [4.78, 5) is 4.09. The second-order valence-electron chi connectivity index (χ2n) is 3.89. The van der Waals surface area contributed by atoms with Crippen molar-refractivity contribution in [1.82, 2.24) is 15.2 Å². The van der Waals surface area contributed by atoms with Crippen molar-refractivity contribution in [1.29, 1.82) is 0 Å². The van der Waals surface area contributed by atoms with Crippen molar-refractivity contribution in [2.75, 3.05) is 14.2 Å². The van der Waals surface area contributed by atoms with Gasteiger partial charge in [0.05, 0.1) is 20.3 Å². The Bertz CT molecular complexity index is 556. The van der Waals surface area contributed by atoms with E-state index < -0.39 is 6.04 Å². The molecular formula is C12H16N4O3. The monoisotopic (exact) mass is 264 g/mol. The van der Waals surface area contributed by atoms with Crippen molar-refractivity contribution >= 4 is 0 Å². The van der Waals surface area contributed by atoms with E-state index in [0.717, 1.165) is 5.56 Å². The first kappa shape index (κ1) is 13.3. The molecule has 2 aromatic rings. The highest BCUT2D eigenvalue weighted by molar-refractivity contribution is 5.44. The molecule has 1 aromatic heterocycles. The van der Waals surface area contributed by atoms with E-state index in [2.05, 4.69) is 15.2 Å². The number of H-pyrrole nitrogens is 1. The molecule has 7 heteroatoms. The number of hydrogen-bond donors (Lipinski definition) is 3. The van der Waals surface area contributed by atoms with Gasteiger partial charge in [-0.1, -0.05) is 6.07 Å². The molecule has 0 spiro atoms. The van der Waals surface area contributed by atoms with Gasteiger partial charge in [-0.3, -0.25) is 5.10 Å². The van der Waals surface area contributed by atoms with Crippen molar-refractivity contribution < 1.29 is 14.6 Å². The number of rotatable bonds is 5. The summed E-state index contributed by atoms with van der Waals surface area (Å²) < 4.78 is 10.4. The predicted molar refractivity (Wildman–Crippen MR) is 67.9 cm³/mol. The summed E-state index contributed by atoms with van der Waals surface area (Å²) >= 11 is 0. The standard InChI is InChI=1S/C12H16N4O3/c1-18-8-4-3-7(5-9(8)19-2)11(13)12-14-10(6-17)15-16-12/h3-5,11,17H,6,13H2,1-2H3,(H,14,15,16)/t11-/m1/s1. The Morgan fingerprint density at radius 2 is 2.05 bits per heavy atom. The van der Waals surface area contributed by atoms with Crippen LogP contribution >= 0.6 is 0 Å². The van der Waals surface area contributed by atoms with E-state index in [0.29, 0.717) is 23.1 Å². The molecule has 0 amide bonds. The number of aliphatic hydroxyl groups is 1. The molecule has 0 radical (unpaired) electrons. The van der Waals surface area contributed by atoms with E-state index in [1.807, 2.05) is 6.07 Å².